The highest BCUT2D eigenvalue weighted by Crippen LogP contribution is 2.40. The molecule has 0 aromatic rings. The van der Waals surface area contributed by atoms with Crippen LogP contribution in [0.25, 0.3) is 0 Å². The Bertz CT molecular complexity index is 330. The Labute approximate surface area is 131 Å². The van der Waals surface area contributed by atoms with Crippen molar-refractivity contribution in [3.8, 4) is 0 Å². The molecule has 3 saturated heterocycles. The lowest BCUT2D eigenvalue weighted by atomic mass is 9.77. The Balaban J connectivity index is 1.43. The van der Waals surface area contributed by atoms with Crippen LogP contribution in [0.4, 0.5) is 0 Å². The minimum atomic E-state index is 0.665. The molecular weight excluding hydrogens is 260 g/mol. The molecule has 122 valence electrons. The van der Waals surface area contributed by atoms with Crippen LogP contribution in [0, 0.1) is 5.41 Å². The van der Waals surface area contributed by atoms with Crippen molar-refractivity contribution in [1.82, 2.24) is 19.6 Å². The van der Waals surface area contributed by atoms with Gasteiger partial charge in [-0.25, -0.2) is 0 Å². The number of nitrogens with zero attached hydrogens (tertiary/aromatic N) is 4. The standard InChI is InChI=1S/C17H34N4/c1-16(14-20-12-10-18(2)11-13-20)21-8-5-17(6-9-21)4-7-19(3)15-17/h16H,4-15H2,1-3H3/t16-/m0/s1. The Morgan fingerprint density at radius 2 is 1.43 bits per heavy atom. The van der Waals surface area contributed by atoms with E-state index in [-0.39, 0.29) is 0 Å². The predicted molar refractivity (Wildman–Crippen MR) is 88.8 cm³/mol. The SMILES string of the molecule is C[C@@H](CN1CCN(C)CC1)N1CCC2(CCN(C)C2)CC1. The molecule has 0 amide bonds. The van der Waals surface area contributed by atoms with Crippen LogP contribution in [0.5, 0.6) is 0 Å². The van der Waals surface area contributed by atoms with Crippen molar-refractivity contribution in [1.29, 1.82) is 0 Å². The van der Waals surface area contributed by atoms with Crippen molar-refractivity contribution in [2.45, 2.75) is 32.2 Å². The second kappa shape index (κ2) is 6.53. The lowest BCUT2D eigenvalue weighted by Gasteiger charge is -2.43. The first kappa shape index (κ1) is 15.7. The van der Waals surface area contributed by atoms with Gasteiger partial charge < -0.3 is 9.80 Å². The minimum Gasteiger partial charge on any atom is -0.306 e. The van der Waals surface area contributed by atoms with Crippen LogP contribution in [0.2, 0.25) is 0 Å². The first-order valence-electron chi connectivity index (χ1n) is 8.90. The molecule has 0 aromatic heterocycles. The van der Waals surface area contributed by atoms with Crippen molar-refractivity contribution < 1.29 is 0 Å². The number of likely N-dealkylation sites (tertiary alicyclic amines) is 2. The van der Waals surface area contributed by atoms with Crippen LogP contribution >= 0.6 is 0 Å². The van der Waals surface area contributed by atoms with Gasteiger partial charge in [-0.3, -0.25) is 9.80 Å². The van der Waals surface area contributed by atoms with E-state index in [1.54, 1.807) is 0 Å². The fraction of sp³-hybridized carbons (Fsp3) is 1.00. The average Bonchev–Trinajstić information content (AvgIpc) is 2.83. The molecule has 3 fully saturated rings. The summed E-state index contributed by atoms with van der Waals surface area (Å²) in [6, 6.07) is 0.727. The number of likely N-dealkylation sites (N-methyl/N-ethyl adjacent to an activating group) is 1. The van der Waals surface area contributed by atoms with Gasteiger partial charge in [0.1, 0.15) is 0 Å². The van der Waals surface area contributed by atoms with Gasteiger partial charge in [0.05, 0.1) is 0 Å². The molecule has 3 rings (SSSR count). The third-order valence-corrected chi connectivity index (χ3v) is 6.23. The number of piperidine rings is 1. The van der Waals surface area contributed by atoms with Crippen LogP contribution in [-0.4, -0.2) is 98.6 Å². The summed E-state index contributed by atoms with van der Waals surface area (Å²) in [5.41, 5.74) is 0.665. The molecular formula is C17H34N4. The topological polar surface area (TPSA) is 13.0 Å². The maximum Gasteiger partial charge on any atom is 0.0194 e. The molecule has 0 N–H and O–H groups in total. The average molecular weight is 294 g/mol. The molecule has 3 aliphatic rings. The molecule has 0 aromatic carbocycles. The predicted octanol–water partition coefficient (Wildman–Crippen LogP) is 1.04. The van der Waals surface area contributed by atoms with Crippen molar-refractivity contribution in [2.75, 3.05) is 73.0 Å². The zero-order valence-corrected chi connectivity index (χ0v) is 14.4. The van der Waals surface area contributed by atoms with Gasteiger partial charge >= 0.3 is 0 Å². The largest absolute Gasteiger partial charge is 0.306 e. The zero-order valence-electron chi connectivity index (χ0n) is 14.4. The van der Waals surface area contributed by atoms with Crippen molar-refractivity contribution >= 4 is 0 Å². The van der Waals surface area contributed by atoms with Crippen molar-refractivity contribution in [3.63, 3.8) is 0 Å². The summed E-state index contributed by atoms with van der Waals surface area (Å²) in [7, 11) is 4.53. The van der Waals surface area contributed by atoms with Crippen LogP contribution in [0.1, 0.15) is 26.2 Å². The van der Waals surface area contributed by atoms with E-state index in [9.17, 15) is 0 Å². The van der Waals surface area contributed by atoms with Crippen molar-refractivity contribution in [2.24, 2.45) is 5.41 Å². The molecule has 3 heterocycles. The summed E-state index contributed by atoms with van der Waals surface area (Å²) in [6.45, 7) is 14.0. The molecule has 1 spiro atoms. The summed E-state index contributed by atoms with van der Waals surface area (Å²) in [6.07, 6.45) is 4.28. The molecule has 1 atom stereocenters. The second-order valence-electron chi connectivity index (χ2n) is 7.98. The number of hydrogen-bond donors (Lipinski definition) is 0. The van der Waals surface area contributed by atoms with E-state index in [0.717, 1.165) is 6.04 Å². The lowest BCUT2D eigenvalue weighted by molar-refractivity contribution is 0.0567. The van der Waals surface area contributed by atoms with Gasteiger partial charge in [0, 0.05) is 45.3 Å². The van der Waals surface area contributed by atoms with E-state index in [0.29, 0.717) is 5.41 Å². The van der Waals surface area contributed by atoms with Gasteiger partial charge in [-0.05, 0) is 65.3 Å². The molecule has 3 aliphatic heterocycles. The highest BCUT2D eigenvalue weighted by atomic mass is 15.3. The lowest BCUT2D eigenvalue weighted by Crippen LogP contribution is -2.52. The summed E-state index contributed by atoms with van der Waals surface area (Å²) in [5, 5.41) is 0. The van der Waals surface area contributed by atoms with Gasteiger partial charge in [-0.15, -0.1) is 0 Å². The molecule has 0 aliphatic carbocycles. The molecule has 0 bridgehead atoms. The highest BCUT2D eigenvalue weighted by molar-refractivity contribution is 4.94. The van der Waals surface area contributed by atoms with E-state index in [1.807, 2.05) is 0 Å². The normalized spacial score (nSPS) is 31.0. The minimum absolute atomic E-state index is 0.665. The molecule has 4 nitrogen and oxygen atoms in total. The van der Waals surface area contributed by atoms with E-state index in [4.69, 9.17) is 0 Å². The fourth-order valence-electron chi connectivity index (χ4n) is 4.53. The van der Waals surface area contributed by atoms with E-state index >= 15 is 0 Å². The molecule has 21 heavy (non-hydrogen) atoms. The molecule has 4 heteroatoms. The first-order chi connectivity index (χ1) is 10.1. The summed E-state index contributed by atoms with van der Waals surface area (Å²) in [5.74, 6) is 0. The maximum absolute atomic E-state index is 2.75. The molecule has 0 radical (unpaired) electrons. The number of hydrogen-bond acceptors (Lipinski definition) is 4. The van der Waals surface area contributed by atoms with E-state index in [1.165, 1.54) is 78.2 Å². The monoisotopic (exact) mass is 294 g/mol. The van der Waals surface area contributed by atoms with Crippen LogP contribution in [0.15, 0.2) is 0 Å². The van der Waals surface area contributed by atoms with E-state index < -0.39 is 0 Å². The second-order valence-corrected chi connectivity index (χ2v) is 7.98. The van der Waals surface area contributed by atoms with Crippen molar-refractivity contribution in [3.05, 3.63) is 0 Å². The van der Waals surface area contributed by atoms with Crippen LogP contribution in [0.3, 0.4) is 0 Å². The van der Waals surface area contributed by atoms with Gasteiger partial charge in [-0.2, -0.15) is 0 Å². The van der Waals surface area contributed by atoms with Gasteiger partial charge in [0.2, 0.25) is 0 Å². The Hall–Kier alpha value is -0.160. The number of rotatable bonds is 3. The van der Waals surface area contributed by atoms with Crippen LogP contribution in [-0.2, 0) is 0 Å². The molecule has 0 saturated carbocycles. The Morgan fingerprint density at radius 3 is 2.00 bits per heavy atom. The summed E-state index contributed by atoms with van der Waals surface area (Å²) in [4.78, 5) is 10.4. The zero-order chi connectivity index (χ0) is 14.9. The van der Waals surface area contributed by atoms with Gasteiger partial charge in [0.25, 0.3) is 0 Å². The summed E-state index contributed by atoms with van der Waals surface area (Å²) < 4.78 is 0. The fourth-order valence-corrected chi connectivity index (χ4v) is 4.53. The van der Waals surface area contributed by atoms with E-state index in [2.05, 4.69) is 40.6 Å². The Morgan fingerprint density at radius 1 is 0.810 bits per heavy atom. The molecule has 0 unspecified atom stereocenters. The summed E-state index contributed by atoms with van der Waals surface area (Å²) >= 11 is 0. The third-order valence-electron chi connectivity index (χ3n) is 6.23. The smallest absolute Gasteiger partial charge is 0.0194 e. The highest BCUT2D eigenvalue weighted by Gasteiger charge is 2.40. The number of piperazine rings is 1. The van der Waals surface area contributed by atoms with Gasteiger partial charge in [-0.1, -0.05) is 0 Å². The Kier molecular flexibility index (Phi) is 4.89. The first-order valence-corrected chi connectivity index (χ1v) is 8.90. The maximum atomic E-state index is 2.75. The van der Waals surface area contributed by atoms with Gasteiger partial charge in [0.15, 0.2) is 0 Å². The third kappa shape index (κ3) is 3.79. The quantitative estimate of drug-likeness (QED) is 0.771. The van der Waals surface area contributed by atoms with Crippen LogP contribution < -0.4 is 0 Å².